The Morgan fingerprint density at radius 1 is 1.38 bits per heavy atom. The van der Waals surface area contributed by atoms with Crippen molar-refractivity contribution < 1.29 is 5.11 Å². The van der Waals surface area contributed by atoms with Gasteiger partial charge in [0.25, 0.3) is 0 Å². The molecule has 0 aliphatic carbocycles. The van der Waals surface area contributed by atoms with Gasteiger partial charge in [-0.3, -0.25) is 0 Å². The van der Waals surface area contributed by atoms with Gasteiger partial charge >= 0.3 is 0 Å². The molecule has 0 unspecified atom stereocenters. The van der Waals surface area contributed by atoms with Crippen molar-refractivity contribution in [3.05, 3.63) is 28.8 Å². The molecule has 0 saturated heterocycles. The van der Waals surface area contributed by atoms with Gasteiger partial charge in [0, 0.05) is 24.8 Å². The first-order valence-electron chi connectivity index (χ1n) is 4.84. The lowest BCUT2D eigenvalue weighted by Gasteiger charge is -2.19. The quantitative estimate of drug-likeness (QED) is 0.881. The zero-order chi connectivity index (χ0) is 11.6. The summed E-state index contributed by atoms with van der Waals surface area (Å²) >= 11 is 6.09. The third kappa shape index (κ3) is 3.52. The number of rotatable bonds is 3. The van der Waals surface area contributed by atoms with Gasteiger partial charge in [0.15, 0.2) is 0 Å². The molecule has 5 heteroatoms. The summed E-state index contributed by atoms with van der Waals surface area (Å²) in [4.78, 5) is 1.96. The topological polar surface area (TPSA) is 49.5 Å². The highest BCUT2D eigenvalue weighted by atomic mass is 35.5. The van der Waals surface area contributed by atoms with E-state index in [9.17, 15) is 5.11 Å². The number of anilines is 1. The third-order valence-corrected chi connectivity index (χ3v) is 2.71. The van der Waals surface area contributed by atoms with E-state index in [1.807, 2.05) is 37.2 Å². The highest BCUT2D eigenvalue weighted by Gasteiger charge is 2.15. The molecule has 0 bridgehead atoms. The molecule has 16 heavy (non-hydrogen) atoms. The fourth-order valence-corrected chi connectivity index (χ4v) is 1.63. The van der Waals surface area contributed by atoms with Crippen LogP contribution in [0.1, 0.15) is 18.5 Å². The molecule has 2 atom stereocenters. The second-order valence-corrected chi connectivity index (χ2v) is 4.27. The number of aliphatic hydroxyl groups excluding tert-OH is 1. The highest BCUT2D eigenvalue weighted by molar-refractivity contribution is 6.31. The number of hydrogen-bond acceptors (Lipinski definition) is 3. The number of benzene rings is 1. The zero-order valence-electron chi connectivity index (χ0n) is 9.64. The molecular weight excluding hydrogens is 247 g/mol. The van der Waals surface area contributed by atoms with Crippen LogP contribution < -0.4 is 10.6 Å². The van der Waals surface area contributed by atoms with Gasteiger partial charge in [0.2, 0.25) is 0 Å². The van der Waals surface area contributed by atoms with Crippen LogP contribution >= 0.6 is 24.0 Å². The molecule has 0 saturated carbocycles. The molecule has 1 aromatic rings. The summed E-state index contributed by atoms with van der Waals surface area (Å²) < 4.78 is 0. The Bertz CT molecular complexity index is 343. The minimum Gasteiger partial charge on any atom is -0.391 e. The molecule has 92 valence electrons. The molecule has 0 heterocycles. The lowest BCUT2D eigenvalue weighted by Crippen LogP contribution is -2.23. The minimum absolute atomic E-state index is 0. The Labute approximate surface area is 108 Å². The van der Waals surface area contributed by atoms with E-state index < -0.39 is 12.1 Å². The van der Waals surface area contributed by atoms with Gasteiger partial charge in [-0.15, -0.1) is 12.4 Å². The first kappa shape index (κ1) is 15.5. The van der Waals surface area contributed by atoms with Gasteiger partial charge in [0.1, 0.15) is 0 Å². The van der Waals surface area contributed by atoms with Crippen molar-refractivity contribution in [2.24, 2.45) is 5.73 Å². The highest BCUT2D eigenvalue weighted by Crippen LogP contribution is 2.27. The van der Waals surface area contributed by atoms with Crippen molar-refractivity contribution in [3.63, 3.8) is 0 Å². The van der Waals surface area contributed by atoms with E-state index in [4.69, 9.17) is 17.3 Å². The summed E-state index contributed by atoms with van der Waals surface area (Å²) in [6.07, 6.45) is -0.604. The Balaban J connectivity index is 0.00000225. The van der Waals surface area contributed by atoms with Crippen LogP contribution in [0.2, 0.25) is 5.02 Å². The number of nitrogens with zero attached hydrogens (tertiary/aromatic N) is 1. The van der Waals surface area contributed by atoms with Crippen LogP contribution in [0, 0.1) is 0 Å². The van der Waals surface area contributed by atoms with Gasteiger partial charge < -0.3 is 15.7 Å². The molecule has 0 fully saturated rings. The summed E-state index contributed by atoms with van der Waals surface area (Å²) in [6.45, 7) is 1.65. The lowest BCUT2D eigenvalue weighted by atomic mass is 10.0. The van der Waals surface area contributed by atoms with E-state index in [1.54, 1.807) is 6.92 Å². The molecule has 1 aromatic carbocycles. The van der Waals surface area contributed by atoms with Crippen LogP contribution in [0.25, 0.3) is 0 Å². The van der Waals surface area contributed by atoms with Crippen molar-refractivity contribution >= 4 is 29.7 Å². The second-order valence-electron chi connectivity index (χ2n) is 3.87. The maximum Gasteiger partial charge on any atom is 0.0705 e. The monoisotopic (exact) mass is 264 g/mol. The Hall–Kier alpha value is -0.480. The minimum atomic E-state index is -0.604. The SMILES string of the molecule is C[C@H](O)[C@H](N)c1ccc(N(C)C)cc1Cl.Cl. The predicted octanol–water partition coefficient (Wildman–Crippen LogP) is 2.21. The Kier molecular flexibility index (Phi) is 6.11. The number of hydrogen-bond donors (Lipinski definition) is 2. The molecular formula is C11H18Cl2N2O. The average Bonchev–Trinajstić information content (AvgIpc) is 2.16. The number of nitrogens with two attached hydrogens (primary N) is 1. The zero-order valence-corrected chi connectivity index (χ0v) is 11.2. The molecule has 0 aliphatic rings. The van der Waals surface area contributed by atoms with Crippen LogP contribution in [0.15, 0.2) is 18.2 Å². The predicted molar refractivity (Wildman–Crippen MR) is 71.6 cm³/mol. The maximum absolute atomic E-state index is 9.38. The standard InChI is InChI=1S/C11H17ClN2O.ClH/c1-7(15)11(13)9-5-4-8(14(2)3)6-10(9)12;/h4-7,11,15H,13H2,1-3H3;1H/t7-,11-;/m0./s1. The summed E-state index contributed by atoms with van der Waals surface area (Å²) in [7, 11) is 3.89. The first-order chi connectivity index (χ1) is 6.93. The lowest BCUT2D eigenvalue weighted by molar-refractivity contribution is 0.164. The maximum atomic E-state index is 9.38. The molecule has 0 spiro atoms. The molecule has 0 amide bonds. The summed E-state index contributed by atoms with van der Waals surface area (Å²) in [5.74, 6) is 0. The van der Waals surface area contributed by atoms with Crippen molar-refractivity contribution in [2.75, 3.05) is 19.0 Å². The normalized spacial score (nSPS) is 13.9. The largest absolute Gasteiger partial charge is 0.391 e. The average molecular weight is 265 g/mol. The van der Waals surface area contributed by atoms with E-state index in [1.165, 1.54) is 0 Å². The van der Waals surface area contributed by atoms with Crippen molar-refractivity contribution in [1.29, 1.82) is 0 Å². The van der Waals surface area contributed by atoms with Crippen LogP contribution in [0.4, 0.5) is 5.69 Å². The molecule has 1 rings (SSSR count). The van der Waals surface area contributed by atoms with Crippen LogP contribution in [0.3, 0.4) is 0 Å². The summed E-state index contributed by atoms with van der Waals surface area (Å²) in [5, 5.41) is 9.98. The van der Waals surface area contributed by atoms with Crippen LogP contribution in [0.5, 0.6) is 0 Å². The van der Waals surface area contributed by atoms with Gasteiger partial charge in [-0.25, -0.2) is 0 Å². The van der Waals surface area contributed by atoms with E-state index in [0.29, 0.717) is 5.02 Å². The van der Waals surface area contributed by atoms with Gasteiger partial charge in [-0.05, 0) is 24.6 Å². The fourth-order valence-electron chi connectivity index (χ4n) is 1.32. The van der Waals surface area contributed by atoms with Crippen LogP contribution in [-0.4, -0.2) is 25.3 Å². The van der Waals surface area contributed by atoms with Crippen molar-refractivity contribution in [2.45, 2.75) is 19.1 Å². The van der Waals surface area contributed by atoms with Gasteiger partial charge in [-0.1, -0.05) is 17.7 Å². The van der Waals surface area contributed by atoms with Gasteiger partial charge in [-0.2, -0.15) is 0 Å². The molecule has 0 aliphatic heterocycles. The van der Waals surface area contributed by atoms with Crippen LogP contribution in [-0.2, 0) is 0 Å². The Morgan fingerprint density at radius 3 is 2.31 bits per heavy atom. The third-order valence-electron chi connectivity index (χ3n) is 2.38. The molecule has 3 nitrogen and oxygen atoms in total. The molecule has 3 N–H and O–H groups in total. The second kappa shape index (κ2) is 6.30. The molecule has 0 aromatic heterocycles. The number of halogens is 2. The van der Waals surface area contributed by atoms with E-state index in [0.717, 1.165) is 11.3 Å². The van der Waals surface area contributed by atoms with E-state index in [-0.39, 0.29) is 12.4 Å². The van der Waals surface area contributed by atoms with E-state index >= 15 is 0 Å². The number of aliphatic hydroxyl groups is 1. The summed E-state index contributed by atoms with van der Waals surface area (Å²) in [6, 6.07) is 5.20. The summed E-state index contributed by atoms with van der Waals surface area (Å²) in [5.41, 5.74) is 7.61. The first-order valence-corrected chi connectivity index (χ1v) is 5.21. The van der Waals surface area contributed by atoms with Crippen molar-refractivity contribution in [1.82, 2.24) is 0 Å². The van der Waals surface area contributed by atoms with Gasteiger partial charge in [0.05, 0.1) is 12.1 Å². The molecule has 0 radical (unpaired) electrons. The fraction of sp³-hybridized carbons (Fsp3) is 0.455. The Morgan fingerprint density at radius 2 is 1.94 bits per heavy atom. The van der Waals surface area contributed by atoms with Crippen molar-refractivity contribution in [3.8, 4) is 0 Å². The van der Waals surface area contributed by atoms with E-state index in [2.05, 4.69) is 0 Å². The smallest absolute Gasteiger partial charge is 0.0705 e.